The molecule has 0 saturated heterocycles. The van der Waals surface area contributed by atoms with E-state index >= 15 is 0 Å². The zero-order valence-electron chi connectivity index (χ0n) is 16.2. The van der Waals surface area contributed by atoms with Crippen LogP contribution in [-0.4, -0.2) is 26.1 Å². The molecule has 0 bridgehead atoms. The molecular weight excluding hydrogens is 413 g/mol. The molecule has 4 aromatic rings. The van der Waals surface area contributed by atoms with Crippen LogP contribution in [0.3, 0.4) is 0 Å². The predicted molar refractivity (Wildman–Crippen MR) is 106 cm³/mol. The highest BCUT2D eigenvalue weighted by Gasteiger charge is 2.31. The Labute approximate surface area is 174 Å². The van der Waals surface area contributed by atoms with Gasteiger partial charge >= 0.3 is 6.36 Å². The third kappa shape index (κ3) is 4.83. The van der Waals surface area contributed by atoms with Gasteiger partial charge in [-0.1, -0.05) is 6.07 Å². The van der Waals surface area contributed by atoms with E-state index in [9.17, 15) is 13.2 Å². The highest BCUT2D eigenvalue weighted by atomic mass is 19.4. The molecule has 1 aromatic carbocycles. The molecule has 8 nitrogen and oxygen atoms in total. The zero-order chi connectivity index (χ0) is 22.0. The second-order valence-electron chi connectivity index (χ2n) is 6.63. The number of aromatic nitrogens is 4. The van der Waals surface area contributed by atoms with Gasteiger partial charge in [-0.15, -0.1) is 13.2 Å². The Kier molecular flexibility index (Phi) is 5.34. The van der Waals surface area contributed by atoms with Gasteiger partial charge in [0.2, 0.25) is 5.89 Å². The molecule has 0 spiro atoms. The number of pyridine rings is 1. The quantitative estimate of drug-likeness (QED) is 0.350. The van der Waals surface area contributed by atoms with Gasteiger partial charge in [0.1, 0.15) is 29.2 Å². The fourth-order valence-corrected chi connectivity index (χ4v) is 2.90. The summed E-state index contributed by atoms with van der Waals surface area (Å²) in [5.41, 5.74) is 5.89. The van der Waals surface area contributed by atoms with Gasteiger partial charge in [0.15, 0.2) is 0 Å². The molecule has 0 saturated carbocycles. The van der Waals surface area contributed by atoms with Gasteiger partial charge in [-0.05, 0) is 48.9 Å². The largest absolute Gasteiger partial charge is 0.573 e. The van der Waals surface area contributed by atoms with E-state index in [1.807, 2.05) is 19.1 Å². The van der Waals surface area contributed by atoms with E-state index in [0.717, 1.165) is 11.3 Å². The van der Waals surface area contributed by atoms with Gasteiger partial charge in [-0.3, -0.25) is 4.68 Å². The first kappa shape index (κ1) is 20.4. The second kappa shape index (κ2) is 8.11. The van der Waals surface area contributed by atoms with Gasteiger partial charge < -0.3 is 14.6 Å². The zero-order valence-corrected chi connectivity index (χ0v) is 16.2. The third-order valence-corrected chi connectivity index (χ3v) is 4.39. The minimum Gasteiger partial charge on any atom is -0.443 e. The molecule has 3 aromatic heterocycles. The standard InChI is InChI=1S/C20H17F3N6O2/c1-12-8-16(28-29(12)10-13-2-7-18(27-24)25-9-13)19-26-17(11-30-19)14-3-5-15(6-4-14)31-20(21,22)23/h2-9,11H,10,24H2,1H3,(H,25,27). The maximum atomic E-state index is 12.3. The molecule has 3 N–H and O–H groups in total. The molecule has 0 atom stereocenters. The van der Waals surface area contributed by atoms with Crippen molar-refractivity contribution >= 4 is 5.82 Å². The summed E-state index contributed by atoms with van der Waals surface area (Å²) < 4.78 is 48.1. The number of nitrogens with two attached hydrogens (primary N) is 1. The number of nitrogens with one attached hydrogen (secondary N) is 1. The van der Waals surface area contributed by atoms with E-state index in [4.69, 9.17) is 10.3 Å². The van der Waals surface area contributed by atoms with Crippen molar-refractivity contribution in [3.63, 3.8) is 0 Å². The number of alkyl halides is 3. The van der Waals surface area contributed by atoms with Crippen molar-refractivity contribution in [2.24, 2.45) is 5.84 Å². The van der Waals surface area contributed by atoms with Crippen LogP contribution in [-0.2, 0) is 6.54 Å². The van der Waals surface area contributed by atoms with Crippen LogP contribution >= 0.6 is 0 Å². The van der Waals surface area contributed by atoms with Gasteiger partial charge in [0.25, 0.3) is 0 Å². The minimum atomic E-state index is -4.74. The lowest BCUT2D eigenvalue weighted by molar-refractivity contribution is -0.274. The van der Waals surface area contributed by atoms with E-state index < -0.39 is 6.36 Å². The van der Waals surface area contributed by atoms with Gasteiger partial charge in [0, 0.05) is 17.5 Å². The molecule has 0 fully saturated rings. The predicted octanol–water partition coefficient (Wildman–Crippen LogP) is 4.14. The fraction of sp³-hybridized carbons (Fsp3) is 0.150. The van der Waals surface area contributed by atoms with Crippen LogP contribution in [0, 0.1) is 6.92 Å². The average molecular weight is 430 g/mol. The number of benzene rings is 1. The van der Waals surface area contributed by atoms with E-state index in [2.05, 4.69) is 25.2 Å². The van der Waals surface area contributed by atoms with Crippen molar-refractivity contribution < 1.29 is 22.3 Å². The molecule has 3 heterocycles. The van der Waals surface area contributed by atoms with Crippen molar-refractivity contribution in [2.75, 3.05) is 5.43 Å². The molecule has 0 radical (unpaired) electrons. The van der Waals surface area contributed by atoms with E-state index in [-0.39, 0.29) is 5.75 Å². The van der Waals surface area contributed by atoms with E-state index in [0.29, 0.717) is 35.2 Å². The van der Waals surface area contributed by atoms with E-state index in [1.165, 1.54) is 30.5 Å². The van der Waals surface area contributed by atoms with E-state index in [1.54, 1.807) is 16.9 Å². The molecule has 0 aliphatic rings. The maximum Gasteiger partial charge on any atom is 0.573 e. The number of oxazole rings is 1. The lowest BCUT2D eigenvalue weighted by Crippen LogP contribution is -2.16. The second-order valence-corrected chi connectivity index (χ2v) is 6.63. The number of hydrogen-bond acceptors (Lipinski definition) is 7. The van der Waals surface area contributed by atoms with Crippen LogP contribution in [0.15, 0.2) is 59.3 Å². The summed E-state index contributed by atoms with van der Waals surface area (Å²) >= 11 is 0. The SMILES string of the molecule is Cc1cc(-c2nc(-c3ccc(OC(F)(F)F)cc3)co2)nn1Cc1ccc(NN)nc1. The highest BCUT2D eigenvalue weighted by Crippen LogP contribution is 2.28. The lowest BCUT2D eigenvalue weighted by atomic mass is 10.2. The monoisotopic (exact) mass is 430 g/mol. The summed E-state index contributed by atoms with van der Waals surface area (Å²) in [5.74, 6) is 5.88. The Morgan fingerprint density at radius 2 is 1.90 bits per heavy atom. The summed E-state index contributed by atoms with van der Waals surface area (Å²) in [5, 5.41) is 4.53. The van der Waals surface area contributed by atoms with Crippen LogP contribution < -0.4 is 16.0 Å². The van der Waals surface area contributed by atoms with Crippen LogP contribution in [0.1, 0.15) is 11.3 Å². The first-order valence-corrected chi connectivity index (χ1v) is 9.09. The number of nitrogens with zero attached hydrogens (tertiary/aromatic N) is 4. The first-order valence-electron chi connectivity index (χ1n) is 9.09. The Bertz CT molecular complexity index is 1170. The summed E-state index contributed by atoms with van der Waals surface area (Å²) in [6.45, 7) is 2.40. The smallest absolute Gasteiger partial charge is 0.443 e. The van der Waals surface area contributed by atoms with Crippen molar-refractivity contribution in [3.05, 3.63) is 66.2 Å². The topological polar surface area (TPSA) is 104 Å². The molecule has 160 valence electrons. The number of rotatable bonds is 6. The maximum absolute atomic E-state index is 12.3. The Balaban J connectivity index is 1.50. The summed E-state index contributed by atoms with van der Waals surface area (Å²) in [6, 6.07) is 10.9. The fourth-order valence-electron chi connectivity index (χ4n) is 2.90. The molecule has 0 unspecified atom stereocenters. The highest BCUT2D eigenvalue weighted by molar-refractivity contribution is 5.62. The number of nitrogen functional groups attached to an aromatic ring is 1. The first-order chi connectivity index (χ1) is 14.8. The molecule has 4 rings (SSSR count). The number of anilines is 1. The molecule has 0 aliphatic carbocycles. The Morgan fingerprint density at radius 1 is 1.13 bits per heavy atom. The molecule has 11 heteroatoms. The number of aryl methyl sites for hydroxylation is 1. The normalized spacial score (nSPS) is 11.5. The summed E-state index contributed by atoms with van der Waals surface area (Å²) in [6.07, 6.45) is -1.62. The molecule has 0 aliphatic heterocycles. The number of hydrazine groups is 1. The number of ether oxygens (including phenoxy) is 1. The third-order valence-electron chi connectivity index (χ3n) is 4.39. The van der Waals surface area contributed by atoms with Gasteiger partial charge in [0.05, 0.1) is 6.54 Å². The van der Waals surface area contributed by atoms with Gasteiger partial charge in [-0.25, -0.2) is 15.8 Å². The average Bonchev–Trinajstić information content (AvgIpc) is 3.35. The van der Waals surface area contributed by atoms with Crippen LogP contribution in [0.25, 0.3) is 22.8 Å². The van der Waals surface area contributed by atoms with Crippen molar-refractivity contribution in [1.82, 2.24) is 19.7 Å². The Hall–Kier alpha value is -3.86. The molecule has 31 heavy (non-hydrogen) atoms. The van der Waals surface area contributed by atoms with Crippen LogP contribution in [0.2, 0.25) is 0 Å². The Morgan fingerprint density at radius 3 is 2.55 bits per heavy atom. The van der Waals surface area contributed by atoms with Gasteiger partial charge in [-0.2, -0.15) is 5.10 Å². The minimum absolute atomic E-state index is 0.299. The lowest BCUT2D eigenvalue weighted by Gasteiger charge is -2.08. The number of halogens is 3. The van der Waals surface area contributed by atoms with Crippen LogP contribution in [0.5, 0.6) is 5.75 Å². The van der Waals surface area contributed by atoms with Crippen molar-refractivity contribution in [3.8, 4) is 28.6 Å². The number of hydrogen-bond donors (Lipinski definition) is 2. The molecular formula is C20H17F3N6O2. The van der Waals surface area contributed by atoms with Crippen molar-refractivity contribution in [1.29, 1.82) is 0 Å². The summed E-state index contributed by atoms with van der Waals surface area (Å²) in [7, 11) is 0. The molecule has 0 amide bonds. The summed E-state index contributed by atoms with van der Waals surface area (Å²) in [4.78, 5) is 8.57. The van der Waals surface area contributed by atoms with Crippen LogP contribution in [0.4, 0.5) is 19.0 Å². The van der Waals surface area contributed by atoms with Crippen molar-refractivity contribution in [2.45, 2.75) is 19.8 Å².